The van der Waals surface area contributed by atoms with Crippen LogP contribution in [0.3, 0.4) is 0 Å². The van der Waals surface area contributed by atoms with E-state index in [1.165, 1.54) is 4.68 Å². The van der Waals surface area contributed by atoms with E-state index in [1.54, 1.807) is 44.4 Å². The van der Waals surface area contributed by atoms with Crippen LogP contribution in [0.5, 0.6) is 5.75 Å². The minimum atomic E-state index is -0.213. The summed E-state index contributed by atoms with van der Waals surface area (Å²) in [5.41, 5.74) is 3.57. The first-order valence-corrected chi connectivity index (χ1v) is 10.3. The summed E-state index contributed by atoms with van der Waals surface area (Å²) in [5.74, 6) is 0.710. The molecular formula is C24H19Cl2N3O2. The second-order valence-electron chi connectivity index (χ2n) is 6.86. The maximum absolute atomic E-state index is 13.5. The maximum Gasteiger partial charge on any atom is 0.280 e. The second kappa shape index (κ2) is 8.84. The van der Waals surface area contributed by atoms with Crippen LogP contribution in [-0.2, 0) is 0 Å². The molecule has 4 rings (SSSR count). The Balaban J connectivity index is 1.90. The van der Waals surface area contributed by atoms with Gasteiger partial charge in [-0.15, -0.1) is 0 Å². The van der Waals surface area contributed by atoms with Crippen molar-refractivity contribution in [1.29, 1.82) is 0 Å². The number of aromatic amines is 1. The molecule has 0 amide bonds. The van der Waals surface area contributed by atoms with Gasteiger partial charge in [-0.25, -0.2) is 4.68 Å². The fraction of sp³-hybridized carbons (Fsp3) is 0.0833. The van der Waals surface area contributed by atoms with Gasteiger partial charge in [0, 0.05) is 10.6 Å². The summed E-state index contributed by atoms with van der Waals surface area (Å²) < 4.78 is 6.72. The zero-order valence-electron chi connectivity index (χ0n) is 16.9. The molecule has 5 nitrogen and oxygen atoms in total. The van der Waals surface area contributed by atoms with E-state index in [-0.39, 0.29) is 5.56 Å². The van der Waals surface area contributed by atoms with Crippen molar-refractivity contribution in [3.05, 3.63) is 98.8 Å². The number of aromatic nitrogens is 2. The van der Waals surface area contributed by atoms with E-state index < -0.39 is 0 Å². The molecule has 0 saturated carbocycles. The lowest BCUT2D eigenvalue weighted by atomic mass is 10.1. The first kappa shape index (κ1) is 21.0. The number of rotatable bonds is 5. The lowest BCUT2D eigenvalue weighted by Gasteiger charge is -2.04. The molecule has 0 saturated heterocycles. The SMILES string of the molecule is COc1ccc(-n2[nH]c(-c3ccccc3)c(C(C)=Nc3ccc(Cl)cc3Cl)c2=O)cc1. The standard InChI is InChI=1S/C24H19Cl2N3O2/c1-15(27-21-13-8-17(25)14-20(21)26)22-23(16-6-4-3-5-7-16)28-29(24(22)30)18-9-11-19(31-2)12-10-18/h3-14,28H,1-2H3. The largest absolute Gasteiger partial charge is 0.497 e. The molecule has 156 valence electrons. The molecule has 0 fully saturated rings. The minimum absolute atomic E-state index is 0.213. The maximum atomic E-state index is 13.5. The summed E-state index contributed by atoms with van der Waals surface area (Å²) in [5, 5.41) is 4.18. The Morgan fingerprint density at radius 1 is 1.00 bits per heavy atom. The molecule has 1 N–H and O–H groups in total. The minimum Gasteiger partial charge on any atom is -0.497 e. The molecule has 1 aromatic heterocycles. The number of halogens is 2. The number of nitrogens with one attached hydrogen (secondary N) is 1. The number of H-pyrrole nitrogens is 1. The normalized spacial score (nSPS) is 11.5. The topological polar surface area (TPSA) is 59.4 Å². The van der Waals surface area contributed by atoms with Crippen LogP contribution in [0.15, 0.2) is 82.6 Å². The Hall–Kier alpha value is -3.28. The van der Waals surface area contributed by atoms with E-state index >= 15 is 0 Å². The summed E-state index contributed by atoms with van der Waals surface area (Å²) in [4.78, 5) is 18.1. The molecule has 4 aromatic rings. The predicted octanol–water partition coefficient (Wildman–Crippen LogP) is 6.29. The van der Waals surface area contributed by atoms with Gasteiger partial charge < -0.3 is 4.74 Å². The molecule has 0 bridgehead atoms. The number of methoxy groups -OCH3 is 1. The average Bonchev–Trinajstić information content (AvgIpc) is 3.13. The summed E-state index contributed by atoms with van der Waals surface area (Å²) in [6.07, 6.45) is 0. The van der Waals surface area contributed by atoms with Crippen molar-refractivity contribution in [2.24, 2.45) is 4.99 Å². The molecule has 0 aliphatic heterocycles. The van der Waals surface area contributed by atoms with Crippen molar-refractivity contribution >= 4 is 34.6 Å². The first-order valence-electron chi connectivity index (χ1n) is 9.53. The smallest absolute Gasteiger partial charge is 0.280 e. The number of aliphatic imine (C=N–C) groups is 1. The summed E-state index contributed by atoms with van der Waals surface area (Å²) in [6, 6.07) is 22.0. The molecule has 31 heavy (non-hydrogen) atoms. The zero-order valence-corrected chi connectivity index (χ0v) is 18.4. The summed E-state index contributed by atoms with van der Waals surface area (Å²) >= 11 is 12.3. The van der Waals surface area contributed by atoms with Gasteiger partial charge in [-0.05, 0) is 49.4 Å². The summed E-state index contributed by atoms with van der Waals surface area (Å²) in [7, 11) is 1.60. The van der Waals surface area contributed by atoms with Crippen LogP contribution in [0.25, 0.3) is 16.9 Å². The molecule has 0 aliphatic rings. The lowest BCUT2D eigenvalue weighted by molar-refractivity contribution is 0.414. The van der Waals surface area contributed by atoms with Gasteiger partial charge in [0.15, 0.2) is 0 Å². The van der Waals surface area contributed by atoms with Crippen LogP contribution in [0.1, 0.15) is 12.5 Å². The Labute approximate surface area is 189 Å². The Bertz CT molecular complexity index is 1310. The fourth-order valence-electron chi connectivity index (χ4n) is 3.31. The van der Waals surface area contributed by atoms with Gasteiger partial charge in [-0.3, -0.25) is 14.9 Å². The van der Waals surface area contributed by atoms with Crippen molar-refractivity contribution < 1.29 is 4.74 Å². The third-order valence-electron chi connectivity index (χ3n) is 4.84. The number of ether oxygens (including phenoxy) is 1. The van der Waals surface area contributed by atoms with Crippen LogP contribution >= 0.6 is 23.2 Å². The van der Waals surface area contributed by atoms with Gasteiger partial charge >= 0.3 is 0 Å². The molecule has 0 spiro atoms. The lowest BCUT2D eigenvalue weighted by Crippen LogP contribution is -2.19. The number of benzene rings is 3. The summed E-state index contributed by atoms with van der Waals surface area (Å²) in [6.45, 7) is 1.79. The molecule has 3 aromatic carbocycles. The third kappa shape index (κ3) is 4.29. The quantitative estimate of drug-likeness (QED) is 0.362. The van der Waals surface area contributed by atoms with Gasteiger partial charge in [0.25, 0.3) is 5.56 Å². The van der Waals surface area contributed by atoms with Gasteiger partial charge in [-0.1, -0.05) is 53.5 Å². The van der Waals surface area contributed by atoms with Crippen LogP contribution in [0, 0.1) is 0 Å². The Morgan fingerprint density at radius 2 is 1.71 bits per heavy atom. The molecule has 0 unspecified atom stereocenters. The van der Waals surface area contributed by atoms with Crippen molar-refractivity contribution in [2.75, 3.05) is 7.11 Å². The van der Waals surface area contributed by atoms with Gasteiger partial charge in [0.2, 0.25) is 0 Å². The van der Waals surface area contributed by atoms with Gasteiger partial charge in [0.1, 0.15) is 5.75 Å². The Kier molecular flexibility index (Phi) is 5.98. The zero-order chi connectivity index (χ0) is 22.0. The van der Waals surface area contributed by atoms with Crippen LogP contribution in [-0.4, -0.2) is 22.6 Å². The number of hydrogen-bond acceptors (Lipinski definition) is 3. The van der Waals surface area contributed by atoms with E-state index in [4.69, 9.17) is 27.9 Å². The molecule has 7 heteroatoms. The Morgan fingerprint density at radius 3 is 2.35 bits per heavy atom. The predicted molar refractivity (Wildman–Crippen MR) is 127 cm³/mol. The monoisotopic (exact) mass is 451 g/mol. The number of hydrogen-bond donors (Lipinski definition) is 1. The molecule has 0 radical (unpaired) electrons. The van der Waals surface area contributed by atoms with Crippen LogP contribution in [0.2, 0.25) is 10.0 Å². The average molecular weight is 452 g/mol. The molecule has 0 aliphatic carbocycles. The highest BCUT2D eigenvalue weighted by molar-refractivity contribution is 6.36. The van der Waals surface area contributed by atoms with Crippen molar-refractivity contribution in [3.63, 3.8) is 0 Å². The third-order valence-corrected chi connectivity index (χ3v) is 5.38. The van der Waals surface area contributed by atoms with Gasteiger partial charge in [-0.2, -0.15) is 0 Å². The van der Waals surface area contributed by atoms with Gasteiger partial charge in [0.05, 0.1) is 40.5 Å². The van der Waals surface area contributed by atoms with E-state index in [2.05, 4.69) is 10.1 Å². The highest BCUT2D eigenvalue weighted by atomic mass is 35.5. The molecular weight excluding hydrogens is 433 g/mol. The van der Waals surface area contributed by atoms with E-state index in [0.29, 0.717) is 44.1 Å². The number of nitrogens with zero attached hydrogens (tertiary/aromatic N) is 2. The second-order valence-corrected chi connectivity index (χ2v) is 7.70. The van der Waals surface area contributed by atoms with Crippen LogP contribution in [0.4, 0.5) is 5.69 Å². The fourth-order valence-corrected chi connectivity index (χ4v) is 3.76. The van der Waals surface area contributed by atoms with Crippen LogP contribution < -0.4 is 10.3 Å². The molecule has 0 atom stereocenters. The van der Waals surface area contributed by atoms with Crippen molar-refractivity contribution in [3.8, 4) is 22.7 Å². The highest BCUT2D eigenvalue weighted by Crippen LogP contribution is 2.29. The molecule has 1 heterocycles. The highest BCUT2D eigenvalue weighted by Gasteiger charge is 2.19. The van der Waals surface area contributed by atoms with E-state index in [1.807, 2.05) is 42.5 Å². The van der Waals surface area contributed by atoms with Crippen molar-refractivity contribution in [2.45, 2.75) is 6.92 Å². The first-order chi connectivity index (χ1) is 15.0. The van der Waals surface area contributed by atoms with E-state index in [9.17, 15) is 4.79 Å². The van der Waals surface area contributed by atoms with E-state index in [0.717, 1.165) is 5.56 Å². The van der Waals surface area contributed by atoms with Crippen molar-refractivity contribution in [1.82, 2.24) is 9.78 Å².